The van der Waals surface area contributed by atoms with Crippen molar-refractivity contribution in [3.05, 3.63) is 113 Å². The van der Waals surface area contributed by atoms with E-state index in [1.54, 1.807) is 32.1 Å². The largest absolute Gasteiger partial charge is 0.463 e. The first-order valence-corrected chi connectivity index (χ1v) is 11.4. The number of carbonyl (C=O) groups is 1. The third-order valence-electron chi connectivity index (χ3n) is 5.25. The Bertz CT molecular complexity index is 1500. The lowest BCUT2D eigenvalue weighted by Gasteiger charge is -2.24. The Morgan fingerprint density at radius 2 is 2.00 bits per heavy atom. The van der Waals surface area contributed by atoms with E-state index in [1.165, 1.54) is 34.1 Å². The monoisotopic (exact) mass is 475 g/mol. The summed E-state index contributed by atoms with van der Waals surface area (Å²) in [5, 5.41) is 11.4. The third kappa shape index (κ3) is 4.51. The van der Waals surface area contributed by atoms with Crippen molar-refractivity contribution >= 4 is 35.1 Å². The van der Waals surface area contributed by atoms with Crippen molar-refractivity contribution < 1.29 is 14.5 Å². The maximum Gasteiger partial charge on any atom is 0.338 e. The number of hydrogen-bond acceptors (Lipinski definition) is 7. The molecular formula is C25H21N3O5S. The fraction of sp³-hybridized carbons (Fsp3) is 0.160. The van der Waals surface area contributed by atoms with Crippen molar-refractivity contribution in [2.45, 2.75) is 19.9 Å². The third-order valence-corrected chi connectivity index (χ3v) is 6.25. The first kappa shape index (κ1) is 23.1. The number of fused-ring (bicyclic) bond motifs is 1. The van der Waals surface area contributed by atoms with Gasteiger partial charge in [0.05, 0.1) is 33.4 Å². The number of aromatic nitrogens is 1. The van der Waals surface area contributed by atoms with Crippen LogP contribution in [0.25, 0.3) is 12.2 Å². The number of ether oxygens (including phenoxy) is 1. The molecular weight excluding hydrogens is 454 g/mol. The van der Waals surface area contributed by atoms with E-state index in [0.717, 1.165) is 5.56 Å². The van der Waals surface area contributed by atoms with Crippen LogP contribution >= 0.6 is 11.3 Å². The van der Waals surface area contributed by atoms with Crippen LogP contribution in [-0.4, -0.2) is 22.1 Å². The van der Waals surface area contributed by atoms with Gasteiger partial charge < -0.3 is 4.74 Å². The molecule has 172 valence electrons. The second kappa shape index (κ2) is 9.80. The molecule has 0 bridgehead atoms. The molecule has 1 aliphatic heterocycles. The Hall–Kier alpha value is -4.11. The summed E-state index contributed by atoms with van der Waals surface area (Å²) in [4.78, 5) is 42.1. The first-order valence-electron chi connectivity index (χ1n) is 10.6. The van der Waals surface area contributed by atoms with Gasteiger partial charge in [-0.3, -0.25) is 19.5 Å². The number of esters is 1. The van der Waals surface area contributed by atoms with Gasteiger partial charge >= 0.3 is 5.97 Å². The summed E-state index contributed by atoms with van der Waals surface area (Å²) in [6, 6.07) is 14.7. The van der Waals surface area contributed by atoms with Crippen molar-refractivity contribution in [3.63, 3.8) is 0 Å². The van der Waals surface area contributed by atoms with Crippen molar-refractivity contribution in [1.82, 2.24) is 4.57 Å². The molecule has 0 amide bonds. The summed E-state index contributed by atoms with van der Waals surface area (Å²) < 4.78 is 7.07. The highest BCUT2D eigenvalue weighted by Gasteiger charge is 2.33. The molecule has 4 rings (SSSR count). The molecule has 0 saturated carbocycles. The normalized spacial score (nSPS) is 15.8. The Labute approximate surface area is 198 Å². The molecule has 0 spiro atoms. The molecule has 1 aromatic heterocycles. The Balaban J connectivity index is 1.89. The van der Waals surface area contributed by atoms with Crippen LogP contribution in [0.3, 0.4) is 0 Å². The van der Waals surface area contributed by atoms with Crippen LogP contribution in [-0.2, 0) is 9.53 Å². The SMILES string of the molecule is CCOC(=O)C1=C(C)N=c2s/c(=C/C=C\c3ccccc3)c(=O)n2[C@H]1c1cccc([N+](=O)[O-])c1. The lowest BCUT2D eigenvalue weighted by molar-refractivity contribution is -0.384. The number of nitrogens with zero attached hydrogens (tertiary/aromatic N) is 3. The zero-order chi connectivity index (χ0) is 24.2. The maximum atomic E-state index is 13.4. The van der Waals surface area contributed by atoms with Crippen molar-refractivity contribution in [2.75, 3.05) is 6.61 Å². The average molecular weight is 476 g/mol. The van der Waals surface area contributed by atoms with Gasteiger partial charge in [-0.1, -0.05) is 66.0 Å². The van der Waals surface area contributed by atoms with E-state index >= 15 is 0 Å². The van der Waals surface area contributed by atoms with Gasteiger partial charge in [0.2, 0.25) is 0 Å². The smallest absolute Gasteiger partial charge is 0.338 e. The minimum atomic E-state index is -0.893. The molecule has 1 atom stereocenters. The number of hydrogen-bond donors (Lipinski definition) is 0. The fourth-order valence-electron chi connectivity index (χ4n) is 3.74. The molecule has 2 aromatic carbocycles. The minimum Gasteiger partial charge on any atom is -0.463 e. The molecule has 2 heterocycles. The summed E-state index contributed by atoms with van der Waals surface area (Å²) in [5.74, 6) is -0.612. The molecule has 0 unspecified atom stereocenters. The summed E-state index contributed by atoms with van der Waals surface area (Å²) in [6.45, 7) is 3.50. The summed E-state index contributed by atoms with van der Waals surface area (Å²) in [6.07, 6.45) is 5.36. The zero-order valence-corrected chi connectivity index (χ0v) is 19.3. The number of thiazole rings is 1. The van der Waals surface area contributed by atoms with Crippen LogP contribution in [0.1, 0.15) is 31.0 Å². The van der Waals surface area contributed by atoms with Gasteiger partial charge in [-0.05, 0) is 31.1 Å². The molecule has 0 saturated heterocycles. The Kier molecular flexibility index (Phi) is 6.65. The highest BCUT2D eigenvalue weighted by Crippen LogP contribution is 2.32. The van der Waals surface area contributed by atoms with Crippen LogP contribution in [0.2, 0.25) is 0 Å². The van der Waals surface area contributed by atoms with Gasteiger partial charge in [0.15, 0.2) is 4.80 Å². The van der Waals surface area contributed by atoms with Crippen LogP contribution in [0.5, 0.6) is 0 Å². The summed E-state index contributed by atoms with van der Waals surface area (Å²) >= 11 is 1.19. The molecule has 0 radical (unpaired) electrons. The van der Waals surface area contributed by atoms with Gasteiger partial charge in [-0.25, -0.2) is 9.79 Å². The lowest BCUT2D eigenvalue weighted by atomic mass is 9.95. The standard InChI is InChI=1S/C25H21N3O5S/c1-3-33-24(30)21-16(2)26-25-27(22(21)18-12-8-13-19(15-18)28(31)32)23(29)20(34-25)14-7-11-17-9-5-4-6-10-17/h4-15,22H,3H2,1-2H3/b11-7-,20-14+/t22-/m0/s1. The van der Waals surface area contributed by atoms with E-state index in [0.29, 0.717) is 20.6 Å². The molecule has 8 nitrogen and oxygen atoms in total. The highest BCUT2D eigenvalue weighted by atomic mass is 32.1. The number of rotatable bonds is 6. The van der Waals surface area contributed by atoms with Crippen molar-refractivity contribution in [1.29, 1.82) is 0 Å². The number of carbonyl (C=O) groups excluding carboxylic acids is 1. The maximum absolute atomic E-state index is 13.4. The van der Waals surface area contributed by atoms with Gasteiger partial charge in [-0.2, -0.15) is 0 Å². The van der Waals surface area contributed by atoms with Gasteiger partial charge in [0, 0.05) is 12.1 Å². The van der Waals surface area contributed by atoms with Crippen LogP contribution in [0.4, 0.5) is 5.69 Å². The predicted octanol–water partition coefficient (Wildman–Crippen LogP) is 3.37. The zero-order valence-electron chi connectivity index (χ0n) is 18.5. The quantitative estimate of drug-likeness (QED) is 0.309. The molecule has 0 fully saturated rings. The second-order valence-corrected chi connectivity index (χ2v) is 8.46. The fourth-order valence-corrected chi connectivity index (χ4v) is 4.74. The summed E-state index contributed by atoms with van der Waals surface area (Å²) in [7, 11) is 0. The molecule has 0 N–H and O–H groups in total. The number of nitro benzene ring substituents is 1. The van der Waals surface area contributed by atoms with E-state index in [2.05, 4.69) is 4.99 Å². The minimum absolute atomic E-state index is 0.136. The van der Waals surface area contributed by atoms with E-state index in [1.807, 2.05) is 36.4 Å². The summed E-state index contributed by atoms with van der Waals surface area (Å²) in [5.41, 5.74) is 1.53. The predicted molar refractivity (Wildman–Crippen MR) is 130 cm³/mol. The number of nitro groups is 1. The average Bonchev–Trinajstić information content (AvgIpc) is 3.13. The van der Waals surface area contributed by atoms with E-state index in [4.69, 9.17) is 4.74 Å². The molecule has 3 aromatic rings. The van der Waals surface area contributed by atoms with Crippen LogP contribution in [0, 0.1) is 10.1 Å². The second-order valence-electron chi connectivity index (χ2n) is 7.45. The van der Waals surface area contributed by atoms with Crippen LogP contribution in [0.15, 0.2) is 81.7 Å². The highest BCUT2D eigenvalue weighted by molar-refractivity contribution is 7.07. The number of allylic oxidation sites excluding steroid dienone is 2. The van der Waals surface area contributed by atoms with Gasteiger partial charge in [0.25, 0.3) is 11.2 Å². The topological polar surface area (TPSA) is 104 Å². The van der Waals surface area contributed by atoms with Crippen molar-refractivity contribution in [2.24, 2.45) is 4.99 Å². The van der Waals surface area contributed by atoms with E-state index < -0.39 is 16.9 Å². The van der Waals surface area contributed by atoms with Gasteiger partial charge in [0.1, 0.15) is 0 Å². The van der Waals surface area contributed by atoms with E-state index in [9.17, 15) is 19.7 Å². The first-order chi connectivity index (χ1) is 16.4. The molecule has 9 heteroatoms. The van der Waals surface area contributed by atoms with Gasteiger partial charge in [-0.15, -0.1) is 0 Å². The lowest BCUT2D eigenvalue weighted by Crippen LogP contribution is -2.39. The Morgan fingerprint density at radius 1 is 1.24 bits per heavy atom. The van der Waals surface area contributed by atoms with E-state index in [-0.39, 0.29) is 23.4 Å². The molecule has 0 aliphatic carbocycles. The Morgan fingerprint density at radius 3 is 2.71 bits per heavy atom. The molecule has 1 aliphatic rings. The number of benzene rings is 2. The van der Waals surface area contributed by atoms with Crippen LogP contribution < -0.4 is 14.9 Å². The van der Waals surface area contributed by atoms with Crippen molar-refractivity contribution in [3.8, 4) is 0 Å². The number of non-ortho nitro benzene ring substituents is 1. The molecule has 34 heavy (non-hydrogen) atoms.